The fraction of sp³-hybridized carbons (Fsp3) is 0.353. The van der Waals surface area contributed by atoms with Crippen LogP contribution in [-0.2, 0) is 6.42 Å². The van der Waals surface area contributed by atoms with E-state index >= 15 is 0 Å². The number of hydrogen-bond acceptors (Lipinski definition) is 3. The summed E-state index contributed by atoms with van der Waals surface area (Å²) in [6, 6.07) is 11.1. The molecule has 2 N–H and O–H groups in total. The highest BCUT2D eigenvalue weighted by Crippen LogP contribution is 2.23. The molecule has 0 saturated carbocycles. The molecule has 1 aromatic carbocycles. The first-order valence-electron chi connectivity index (χ1n) is 7.21. The molecule has 1 atom stereocenters. The molecule has 1 aromatic heterocycles. The van der Waals surface area contributed by atoms with Crippen molar-refractivity contribution in [2.24, 2.45) is 0 Å². The van der Waals surface area contributed by atoms with Gasteiger partial charge in [0.25, 0.3) is 5.91 Å². The van der Waals surface area contributed by atoms with Crippen LogP contribution in [0.1, 0.15) is 45.1 Å². The fourth-order valence-corrected chi connectivity index (χ4v) is 3.27. The first-order chi connectivity index (χ1) is 10.2. The van der Waals surface area contributed by atoms with Gasteiger partial charge in [-0.2, -0.15) is 0 Å². The standard InChI is InChI=1S/C17H21NO2S/c1-3-7-14-10-16(21-12(14)2)17(20)18-15(11-19)13-8-5-4-6-9-13/h4-6,8-10,15,19H,3,7,11H2,1-2H3,(H,18,20)/t15-/m1/s1. The summed E-state index contributed by atoms with van der Waals surface area (Å²) in [7, 11) is 0. The lowest BCUT2D eigenvalue weighted by Gasteiger charge is -2.16. The molecule has 0 spiro atoms. The van der Waals surface area contributed by atoms with Crippen LogP contribution in [0.4, 0.5) is 0 Å². The molecular weight excluding hydrogens is 282 g/mol. The Kier molecular flexibility index (Phi) is 5.53. The van der Waals surface area contributed by atoms with Crippen LogP contribution in [0.5, 0.6) is 0 Å². The van der Waals surface area contributed by atoms with Crippen molar-refractivity contribution >= 4 is 17.2 Å². The molecule has 0 saturated heterocycles. The molecule has 0 aliphatic carbocycles. The van der Waals surface area contributed by atoms with Crippen LogP contribution >= 0.6 is 11.3 Å². The number of nitrogens with one attached hydrogen (secondary N) is 1. The minimum Gasteiger partial charge on any atom is -0.394 e. The Morgan fingerprint density at radius 3 is 2.67 bits per heavy atom. The van der Waals surface area contributed by atoms with Crippen LogP contribution in [0, 0.1) is 6.92 Å². The smallest absolute Gasteiger partial charge is 0.261 e. The van der Waals surface area contributed by atoms with Gasteiger partial charge in [-0.15, -0.1) is 11.3 Å². The summed E-state index contributed by atoms with van der Waals surface area (Å²) >= 11 is 1.52. The van der Waals surface area contributed by atoms with Crippen LogP contribution in [0.15, 0.2) is 36.4 Å². The molecular formula is C17H21NO2S. The molecule has 3 nitrogen and oxygen atoms in total. The van der Waals surface area contributed by atoms with E-state index in [0.29, 0.717) is 4.88 Å². The second kappa shape index (κ2) is 7.38. The van der Waals surface area contributed by atoms with Crippen molar-refractivity contribution < 1.29 is 9.90 Å². The lowest BCUT2D eigenvalue weighted by molar-refractivity contribution is 0.0920. The summed E-state index contributed by atoms with van der Waals surface area (Å²) in [5.74, 6) is -0.117. The Bertz CT molecular complexity index is 592. The van der Waals surface area contributed by atoms with Crippen LogP contribution in [0.2, 0.25) is 0 Å². The van der Waals surface area contributed by atoms with Crippen molar-refractivity contribution in [2.45, 2.75) is 32.7 Å². The maximum absolute atomic E-state index is 12.3. The normalized spacial score (nSPS) is 12.1. The summed E-state index contributed by atoms with van der Waals surface area (Å²) in [5.41, 5.74) is 2.16. The zero-order valence-electron chi connectivity index (χ0n) is 12.4. The van der Waals surface area contributed by atoms with Crippen LogP contribution in [0.3, 0.4) is 0 Å². The molecule has 0 fully saturated rings. The molecule has 4 heteroatoms. The first kappa shape index (κ1) is 15.7. The third kappa shape index (κ3) is 3.93. The third-order valence-electron chi connectivity index (χ3n) is 3.45. The molecule has 21 heavy (non-hydrogen) atoms. The molecule has 2 aromatic rings. The van der Waals surface area contributed by atoms with Crippen molar-refractivity contribution in [1.29, 1.82) is 0 Å². The lowest BCUT2D eigenvalue weighted by atomic mass is 10.1. The number of aliphatic hydroxyl groups is 1. The van der Waals surface area contributed by atoms with Crippen molar-refractivity contribution in [3.63, 3.8) is 0 Å². The highest BCUT2D eigenvalue weighted by molar-refractivity contribution is 7.14. The summed E-state index contributed by atoms with van der Waals surface area (Å²) in [6.45, 7) is 4.07. The summed E-state index contributed by atoms with van der Waals surface area (Å²) in [4.78, 5) is 14.3. The largest absolute Gasteiger partial charge is 0.394 e. The number of benzene rings is 1. The molecule has 1 amide bonds. The fourth-order valence-electron chi connectivity index (χ4n) is 2.30. The number of aliphatic hydroxyl groups excluding tert-OH is 1. The number of amides is 1. The van der Waals surface area contributed by atoms with Gasteiger partial charge in [-0.25, -0.2) is 0 Å². The van der Waals surface area contributed by atoms with Gasteiger partial charge in [0.2, 0.25) is 0 Å². The van der Waals surface area contributed by atoms with Gasteiger partial charge in [0, 0.05) is 4.88 Å². The monoisotopic (exact) mass is 303 g/mol. The van der Waals surface area contributed by atoms with Gasteiger partial charge in [-0.05, 0) is 30.5 Å². The van der Waals surface area contributed by atoms with Gasteiger partial charge >= 0.3 is 0 Å². The van der Waals surface area contributed by atoms with E-state index in [1.54, 1.807) is 0 Å². The Morgan fingerprint density at radius 2 is 2.05 bits per heavy atom. The minimum absolute atomic E-state index is 0.109. The zero-order valence-corrected chi connectivity index (χ0v) is 13.2. The summed E-state index contributed by atoms with van der Waals surface area (Å²) < 4.78 is 0. The van der Waals surface area contributed by atoms with E-state index < -0.39 is 0 Å². The van der Waals surface area contributed by atoms with E-state index in [1.807, 2.05) is 43.3 Å². The maximum Gasteiger partial charge on any atom is 0.261 e. The van der Waals surface area contributed by atoms with E-state index in [2.05, 4.69) is 12.2 Å². The molecule has 0 aliphatic heterocycles. The zero-order chi connectivity index (χ0) is 15.2. The van der Waals surface area contributed by atoms with Gasteiger partial charge in [0.15, 0.2) is 0 Å². The van der Waals surface area contributed by atoms with E-state index in [4.69, 9.17) is 0 Å². The SMILES string of the molecule is CCCc1cc(C(=O)N[C@H](CO)c2ccccc2)sc1C. The van der Waals surface area contributed by atoms with Gasteiger partial charge in [0.1, 0.15) is 0 Å². The topological polar surface area (TPSA) is 49.3 Å². The molecule has 0 radical (unpaired) electrons. The molecule has 0 bridgehead atoms. The Labute approximate surface area is 129 Å². The van der Waals surface area contributed by atoms with Crippen LogP contribution in [0.25, 0.3) is 0 Å². The average molecular weight is 303 g/mol. The highest BCUT2D eigenvalue weighted by Gasteiger charge is 2.17. The quantitative estimate of drug-likeness (QED) is 0.858. The summed E-state index contributed by atoms with van der Waals surface area (Å²) in [5, 5.41) is 12.4. The van der Waals surface area contributed by atoms with Gasteiger partial charge < -0.3 is 10.4 Å². The Balaban J connectivity index is 2.11. The molecule has 112 valence electrons. The van der Waals surface area contributed by atoms with Crippen LogP contribution < -0.4 is 5.32 Å². The van der Waals surface area contributed by atoms with Crippen molar-refractivity contribution in [2.75, 3.05) is 6.61 Å². The average Bonchev–Trinajstić information content (AvgIpc) is 2.87. The van der Waals surface area contributed by atoms with Crippen molar-refractivity contribution in [3.8, 4) is 0 Å². The number of carbonyl (C=O) groups excluding carboxylic acids is 1. The van der Waals surface area contributed by atoms with E-state index in [1.165, 1.54) is 21.8 Å². The van der Waals surface area contributed by atoms with Gasteiger partial charge in [0.05, 0.1) is 17.5 Å². The van der Waals surface area contributed by atoms with Gasteiger partial charge in [-0.1, -0.05) is 43.7 Å². The van der Waals surface area contributed by atoms with Crippen LogP contribution in [-0.4, -0.2) is 17.6 Å². The lowest BCUT2D eigenvalue weighted by Crippen LogP contribution is -2.30. The predicted molar refractivity (Wildman–Crippen MR) is 86.8 cm³/mol. The maximum atomic E-state index is 12.3. The van der Waals surface area contributed by atoms with E-state index in [9.17, 15) is 9.90 Å². The van der Waals surface area contributed by atoms with E-state index in [-0.39, 0.29) is 18.6 Å². The Hall–Kier alpha value is -1.65. The highest BCUT2D eigenvalue weighted by atomic mass is 32.1. The Morgan fingerprint density at radius 1 is 1.33 bits per heavy atom. The number of hydrogen-bond donors (Lipinski definition) is 2. The first-order valence-corrected chi connectivity index (χ1v) is 8.03. The number of thiophene rings is 1. The second-order valence-corrected chi connectivity index (χ2v) is 6.32. The van der Waals surface area contributed by atoms with Crippen molar-refractivity contribution in [3.05, 3.63) is 57.3 Å². The number of aryl methyl sites for hydroxylation is 2. The molecule has 1 heterocycles. The predicted octanol–water partition coefficient (Wildman–Crippen LogP) is 3.47. The minimum atomic E-state index is -0.365. The van der Waals surface area contributed by atoms with Gasteiger partial charge in [-0.3, -0.25) is 4.79 Å². The summed E-state index contributed by atoms with van der Waals surface area (Å²) in [6.07, 6.45) is 2.07. The second-order valence-electron chi connectivity index (χ2n) is 5.06. The third-order valence-corrected chi connectivity index (χ3v) is 4.55. The molecule has 2 rings (SSSR count). The molecule has 0 unspecified atom stereocenters. The molecule has 0 aliphatic rings. The number of rotatable bonds is 6. The van der Waals surface area contributed by atoms with E-state index in [0.717, 1.165) is 18.4 Å². The van der Waals surface area contributed by atoms with Crippen molar-refractivity contribution in [1.82, 2.24) is 5.32 Å². The number of carbonyl (C=O) groups is 1.